The average Bonchev–Trinajstić information content (AvgIpc) is 3.25. The number of hydrogen-bond acceptors (Lipinski definition) is 7. The van der Waals surface area contributed by atoms with E-state index in [2.05, 4.69) is 25.4 Å². The third-order valence-corrected chi connectivity index (χ3v) is 5.12. The summed E-state index contributed by atoms with van der Waals surface area (Å²) < 4.78 is 38.5. The highest BCUT2D eigenvalue weighted by atomic mass is 19.4. The van der Waals surface area contributed by atoms with Crippen molar-refractivity contribution in [1.29, 1.82) is 0 Å². The number of carboxylic acid groups (broad SMARTS) is 1. The molecule has 1 aliphatic heterocycles. The number of alkyl halides is 3. The number of amides is 1. The lowest BCUT2D eigenvalue weighted by molar-refractivity contribution is -0.192. The number of carbonyl (C=O) groups is 2. The summed E-state index contributed by atoms with van der Waals surface area (Å²) in [5, 5.41) is 14.8. The molecule has 1 aliphatic rings. The lowest BCUT2D eigenvalue weighted by atomic mass is 10.00. The summed E-state index contributed by atoms with van der Waals surface area (Å²) in [6, 6.07) is 3.93. The minimum Gasteiger partial charge on any atom is -0.480 e. The second kappa shape index (κ2) is 10.9. The van der Waals surface area contributed by atoms with E-state index in [4.69, 9.17) is 14.6 Å². The molecule has 4 heterocycles. The molecule has 0 spiro atoms. The number of rotatable bonds is 2. The van der Waals surface area contributed by atoms with Gasteiger partial charge in [0.05, 0.1) is 31.4 Å². The van der Waals surface area contributed by atoms with Crippen LogP contribution in [0.4, 0.5) is 18.9 Å². The first-order valence-electron chi connectivity index (χ1n) is 10.6. The van der Waals surface area contributed by atoms with E-state index >= 15 is 0 Å². The lowest BCUT2D eigenvalue weighted by Crippen LogP contribution is -2.21. The van der Waals surface area contributed by atoms with E-state index in [0.29, 0.717) is 23.1 Å². The van der Waals surface area contributed by atoms with Crippen molar-refractivity contribution in [2.75, 3.05) is 12.4 Å². The highest BCUT2D eigenvalue weighted by Gasteiger charge is 2.38. The van der Waals surface area contributed by atoms with Gasteiger partial charge >= 0.3 is 12.1 Å². The first-order chi connectivity index (χ1) is 16.6. The van der Waals surface area contributed by atoms with Gasteiger partial charge in [0, 0.05) is 23.4 Å². The van der Waals surface area contributed by atoms with Gasteiger partial charge in [-0.05, 0) is 31.4 Å². The quantitative estimate of drug-likeness (QED) is 0.554. The summed E-state index contributed by atoms with van der Waals surface area (Å²) in [4.78, 5) is 34.5. The number of ether oxygens (including phenoxy) is 1. The van der Waals surface area contributed by atoms with Crippen molar-refractivity contribution in [3.63, 3.8) is 0 Å². The number of aryl methyl sites for hydroxylation is 1. The van der Waals surface area contributed by atoms with Gasteiger partial charge in [0.1, 0.15) is 5.69 Å². The molecule has 0 saturated heterocycles. The number of hydrogen-bond donors (Lipinski definition) is 2. The van der Waals surface area contributed by atoms with Crippen molar-refractivity contribution in [1.82, 2.24) is 24.7 Å². The molecule has 4 rings (SSSR count). The number of carbonyl (C=O) groups excluding carboxylic acids is 1. The molecule has 3 aromatic heterocycles. The summed E-state index contributed by atoms with van der Waals surface area (Å²) in [7, 11) is 1.54. The Labute approximate surface area is 198 Å². The third kappa shape index (κ3) is 6.74. The fourth-order valence-electron chi connectivity index (χ4n) is 3.25. The topological polar surface area (TPSA) is 132 Å². The number of aromatic nitrogens is 5. The number of halogens is 3. The fourth-order valence-corrected chi connectivity index (χ4v) is 3.25. The molecule has 13 heteroatoms. The second-order valence-electron chi connectivity index (χ2n) is 7.73. The number of aliphatic carboxylic acids is 1. The zero-order valence-electron chi connectivity index (χ0n) is 18.9. The Bertz CT molecular complexity index is 1200. The van der Waals surface area contributed by atoms with Gasteiger partial charge in [0.2, 0.25) is 11.8 Å². The van der Waals surface area contributed by atoms with Gasteiger partial charge in [0.15, 0.2) is 5.82 Å². The molecule has 0 saturated carbocycles. The van der Waals surface area contributed by atoms with Crippen molar-refractivity contribution in [3.8, 4) is 23.0 Å². The summed E-state index contributed by atoms with van der Waals surface area (Å²) in [6.45, 7) is 1.95. The molecule has 0 radical (unpaired) electrons. The molecule has 1 atom stereocenters. The van der Waals surface area contributed by atoms with Crippen molar-refractivity contribution < 1.29 is 32.6 Å². The Morgan fingerprint density at radius 1 is 1.29 bits per heavy atom. The summed E-state index contributed by atoms with van der Waals surface area (Å²) in [5.41, 5.74) is 3.25. The zero-order chi connectivity index (χ0) is 25.6. The summed E-state index contributed by atoms with van der Waals surface area (Å²) in [5.74, 6) is -1.93. The highest BCUT2D eigenvalue weighted by Crippen LogP contribution is 2.29. The highest BCUT2D eigenvalue weighted by molar-refractivity contribution is 5.95. The number of pyridine rings is 1. The predicted octanol–water partition coefficient (Wildman–Crippen LogP) is 3.67. The monoisotopic (exact) mass is 492 g/mol. The first-order valence-corrected chi connectivity index (χ1v) is 10.6. The number of nitrogens with one attached hydrogen (secondary N) is 1. The fraction of sp³-hybridized carbons (Fsp3) is 0.364. The minimum absolute atomic E-state index is 0.00706. The van der Waals surface area contributed by atoms with Gasteiger partial charge in [-0.2, -0.15) is 23.3 Å². The maximum absolute atomic E-state index is 12.7. The maximum atomic E-state index is 12.7. The standard InChI is InChI=1S/C20H22N6O2.C2HF3O2/c1-13-5-3-4-6-15-9-14(7-8-22-15)19-16(23-20(13)27)12-26(25-19)17-10-21-11-18(24-17)28-2;3-2(4,5)1(6)7/h7-13H,3-6H2,1-2H3,(H,23,27);(H,6,7). The van der Waals surface area contributed by atoms with Crippen molar-refractivity contribution in [3.05, 3.63) is 42.6 Å². The maximum Gasteiger partial charge on any atom is 0.490 e. The van der Waals surface area contributed by atoms with Crippen LogP contribution < -0.4 is 10.1 Å². The molecule has 0 fully saturated rings. The Hall–Kier alpha value is -4.03. The van der Waals surface area contributed by atoms with Gasteiger partial charge in [0.25, 0.3) is 0 Å². The molecule has 1 unspecified atom stereocenters. The predicted molar refractivity (Wildman–Crippen MR) is 118 cm³/mol. The Morgan fingerprint density at radius 3 is 2.71 bits per heavy atom. The smallest absolute Gasteiger partial charge is 0.480 e. The van der Waals surface area contributed by atoms with Gasteiger partial charge < -0.3 is 15.2 Å². The number of anilines is 1. The Kier molecular flexibility index (Phi) is 7.99. The van der Waals surface area contributed by atoms with E-state index in [1.165, 1.54) is 13.3 Å². The van der Waals surface area contributed by atoms with E-state index in [1.807, 2.05) is 19.1 Å². The van der Waals surface area contributed by atoms with Crippen LogP contribution in [0.15, 0.2) is 36.9 Å². The van der Waals surface area contributed by atoms with E-state index in [9.17, 15) is 18.0 Å². The molecular formula is C22H23F3N6O4. The van der Waals surface area contributed by atoms with E-state index in [-0.39, 0.29) is 11.8 Å². The van der Waals surface area contributed by atoms with E-state index < -0.39 is 12.1 Å². The molecule has 186 valence electrons. The molecule has 2 bridgehead atoms. The van der Waals surface area contributed by atoms with Crippen LogP contribution in [0.5, 0.6) is 5.88 Å². The zero-order valence-corrected chi connectivity index (χ0v) is 18.9. The number of carboxylic acids is 1. The van der Waals surface area contributed by atoms with E-state index in [1.54, 1.807) is 23.3 Å². The van der Waals surface area contributed by atoms with Crippen LogP contribution in [0.3, 0.4) is 0 Å². The van der Waals surface area contributed by atoms with Crippen LogP contribution in [0.2, 0.25) is 0 Å². The molecule has 10 nitrogen and oxygen atoms in total. The molecule has 1 amide bonds. The van der Waals surface area contributed by atoms with Gasteiger partial charge in [-0.25, -0.2) is 9.48 Å². The molecule has 35 heavy (non-hydrogen) atoms. The minimum atomic E-state index is -5.08. The largest absolute Gasteiger partial charge is 0.490 e. The summed E-state index contributed by atoms with van der Waals surface area (Å²) in [6.07, 6.45) is 5.32. The number of fused-ring (bicyclic) bond motifs is 4. The third-order valence-electron chi connectivity index (χ3n) is 5.12. The van der Waals surface area contributed by atoms with Crippen LogP contribution in [0.25, 0.3) is 17.1 Å². The van der Waals surface area contributed by atoms with Crippen molar-refractivity contribution >= 4 is 17.6 Å². The number of nitrogens with zero attached hydrogens (tertiary/aromatic N) is 5. The van der Waals surface area contributed by atoms with Gasteiger partial charge in [-0.3, -0.25) is 14.8 Å². The van der Waals surface area contributed by atoms with Crippen molar-refractivity contribution in [2.24, 2.45) is 5.92 Å². The van der Waals surface area contributed by atoms with Crippen molar-refractivity contribution in [2.45, 2.75) is 38.8 Å². The van der Waals surface area contributed by atoms with Crippen LogP contribution >= 0.6 is 0 Å². The SMILES string of the molecule is COc1cncc(-n2cc3c(n2)-c2ccnc(c2)CCCCC(C)C(=O)N3)n1.O=C(O)C(F)(F)F. The second-order valence-corrected chi connectivity index (χ2v) is 7.73. The molecule has 0 aliphatic carbocycles. The molecule has 0 aromatic carbocycles. The Balaban J connectivity index is 0.000000429. The van der Waals surface area contributed by atoms with Crippen LogP contribution in [0.1, 0.15) is 31.9 Å². The molecule has 3 aromatic rings. The van der Waals surface area contributed by atoms with Crippen LogP contribution in [-0.4, -0.2) is 55.0 Å². The normalized spacial score (nSPS) is 15.9. The Morgan fingerprint density at radius 2 is 2.03 bits per heavy atom. The molecule has 2 N–H and O–H groups in total. The van der Waals surface area contributed by atoms with E-state index in [0.717, 1.165) is 36.9 Å². The van der Waals surface area contributed by atoms with Crippen LogP contribution in [-0.2, 0) is 16.0 Å². The molecular weight excluding hydrogens is 469 g/mol. The average molecular weight is 492 g/mol. The van der Waals surface area contributed by atoms with Crippen LogP contribution in [0, 0.1) is 5.92 Å². The van der Waals surface area contributed by atoms with Gasteiger partial charge in [-0.1, -0.05) is 13.3 Å². The first kappa shape index (κ1) is 25.6. The number of methoxy groups -OCH3 is 1. The summed E-state index contributed by atoms with van der Waals surface area (Å²) >= 11 is 0. The van der Waals surface area contributed by atoms with Gasteiger partial charge in [-0.15, -0.1) is 0 Å². The lowest BCUT2D eigenvalue weighted by Gasteiger charge is -2.13.